The van der Waals surface area contributed by atoms with Gasteiger partial charge >= 0.3 is 0 Å². The third kappa shape index (κ3) is 3.23. The van der Waals surface area contributed by atoms with Crippen molar-refractivity contribution in [2.24, 2.45) is 5.92 Å². The van der Waals surface area contributed by atoms with E-state index in [2.05, 4.69) is 10.5 Å². The van der Waals surface area contributed by atoms with Gasteiger partial charge in [-0.15, -0.1) is 0 Å². The van der Waals surface area contributed by atoms with Crippen LogP contribution in [0.15, 0.2) is 22.7 Å². The van der Waals surface area contributed by atoms with Crippen LogP contribution in [-0.2, 0) is 11.2 Å². The molecule has 6 nitrogen and oxygen atoms in total. The van der Waals surface area contributed by atoms with Crippen molar-refractivity contribution in [2.45, 2.75) is 47.0 Å². The molecule has 0 saturated carbocycles. The average Bonchev–Trinajstić information content (AvgIpc) is 3.17. The fourth-order valence-corrected chi connectivity index (χ4v) is 3.27. The molecule has 2 amide bonds. The summed E-state index contributed by atoms with van der Waals surface area (Å²) < 4.78 is 5.30. The number of fused-ring (bicyclic) bond motifs is 1. The molecule has 138 valence electrons. The van der Waals surface area contributed by atoms with Gasteiger partial charge in [0.2, 0.25) is 5.91 Å². The molecule has 0 atom stereocenters. The van der Waals surface area contributed by atoms with Crippen LogP contribution in [0, 0.1) is 12.8 Å². The van der Waals surface area contributed by atoms with Crippen LogP contribution in [0.5, 0.6) is 0 Å². The first-order valence-electron chi connectivity index (χ1n) is 9.01. The van der Waals surface area contributed by atoms with E-state index in [1.54, 1.807) is 6.92 Å². The molecule has 26 heavy (non-hydrogen) atoms. The van der Waals surface area contributed by atoms with Gasteiger partial charge < -0.3 is 14.7 Å². The summed E-state index contributed by atoms with van der Waals surface area (Å²) in [5, 5.41) is 6.86. The highest BCUT2D eigenvalue weighted by Crippen LogP contribution is 2.32. The monoisotopic (exact) mass is 355 g/mol. The summed E-state index contributed by atoms with van der Waals surface area (Å²) in [6.07, 6.45) is 0.793. The van der Waals surface area contributed by atoms with Crippen molar-refractivity contribution in [1.29, 1.82) is 0 Å². The Bertz CT molecular complexity index is 852. The second-order valence-corrected chi connectivity index (χ2v) is 7.35. The third-order valence-electron chi connectivity index (χ3n) is 4.63. The van der Waals surface area contributed by atoms with Crippen molar-refractivity contribution < 1.29 is 14.1 Å². The predicted molar refractivity (Wildman–Crippen MR) is 101 cm³/mol. The SMILES string of the molecule is Cc1noc(C(C)C)c1C(=O)Nc1ccc2c(c1)CCN2C(=O)C(C)C. The summed E-state index contributed by atoms with van der Waals surface area (Å²) in [6, 6.07) is 5.68. The molecule has 1 aliphatic rings. The second-order valence-electron chi connectivity index (χ2n) is 7.35. The molecule has 0 radical (unpaired) electrons. The summed E-state index contributed by atoms with van der Waals surface area (Å²) in [5.74, 6) is 0.538. The lowest BCUT2D eigenvalue weighted by Gasteiger charge is -2.19. The molecule has 1 aromatic carbocycles. The van der Waals surface area contributed by atoms with E-state index < -0.39 is 0 Å². The molecular formula is C20H25N3O3. The van der Waals surface area contributed by atoms with Gasteiger partial charge in [-0.2, -0.15) is 0 Å². The lowest BCUT2D eigenvalue weighted by atomic mass is 10.0. The number of aromatic nitrogens is 1. The Morgan fingerprint density at radius 3 is 2.62 bits per heavy atom. The molecule has 0 aliphatic carbocycles. The molecule has 0 unspecified atom stereocenters. The van der Waals surface area contributed by atoms with E-state index in [0.717, 1.165) is 17.7 Å². The number of rotatable bonds is 4. The molecule has 0 saturated heterocycles. The maximum absolute atomic E-state index is 12.7. The van der Waals surface area contributed by atoms with Crippen LogP contribution in [0.3, 0.4) is 0 Å². The summed E-state index contributed by atoms with van der Waals surface area (Å²) in [4.78, 5) is 26.8. The van der Waals surface area contributed by atoms with Crippen molar-refractivity contribution >= 4 is 23.2 Å². The fourth-order valence-electron chi connectivity index (χ4n) is 3.27. The Labute approximate surface area is 153 Å². The van der Waals surface area contributed by atoms with Gasteiger partial charge in [-0.05, 0) is 37.1 Å². The van der Waals surface area contributed by atoms with E-state index in [1.165, 1.54) is 0 Å². The molecule has 0 bridgehead atoms. The zero-order valence-electron chi connectivity index (χ0n) is 15.9. The Balaban J connectivity index is 1.82. The van der Waals surface area contributed by atoms with Crippen molar-refractivity contribution in [2.75, 3.05) is 16.8 Å². The van der Waals surface area contributed by atoms with E-state index in [1.807, 2.05) is 50.8 Å². The smallest absolute Gasteiger partial charge is 0.261 e. The lowest BCUT2D eigenvalue weighted by molar-refractivity contribution is -0.121. The van der Waals surface area contributed by atoms with Gasteiger partial charge in [0, 0.05) is 29.8 Å². The second kappa shape index (κ2) is 6.94. The number of aryl methyl sites for hydroxylation is 1. The lowest BCUT2D eigenvalue weighted by Crippen LogP contribution is -2.32. The predicted octanol–water partition coefficient (Wildman–Crippen LogP) is 3.90. The van der Waals surface area contributed by atoms with Gasteiger partial charge in [0.15, 0.2) is 5.76 Å². The first kappa shape index (κ1) is 18.2. The topological polar surface area (TPSA) is 75.4 Å². The summed E-state index contributed by atoms with van der Waals surface area (Å²) in [7, 11) is 0. The maximum Gasteiger partial charge on any atom is 0.261 e. The van der Waals surface area contributed by atoms with Gasteiger partial charge in [0.1, 0.15) is 5.56 Å². The number of carbonyl (C=O) groups is 2. The standard InChI is InChI=1S/C20H25N3O3/c1-11(2)18-17(13(5)22-26-18)19(24)21-15-6-7-16-14(10-15)8-9-23(16)20(25)12(3)4/h6-7,10-12H,8-9H2,1-5H3,(H,21,24). The number of amides is 2. The molecule has 2 heterocycles. The van der Waals surface area contributed by atoms with Crippen molar-refractivity contribution in [1.82, 2.24) is 5.16 Å². The van der Waals surface area contributed by atoms with Crippen LogP contribution < -0.4 is 10.2 Å². The molecule has 1 aromatic heterocycles. The van der Waals surface area contributed by atoms with E-state index >= 15 is 0 Å². The molecule has 2 aromatic rings. The number of anilines is 2. The van der Waals surface area contributed by atoms with E-state index in [-0.39, 0.29) is 23.7 Å². The molecule has 0 spiro atoms. The zero-order chi connectivity index (χ0) is 19.0. The van der Waals surface area contributed by atoms with Gasteiger partial charge in [-0.25, -0.2) is 0 Å². The summed E-state index contributed by atoms with van der Waals surface area (Å²) in [5.41, 5.74) is 3.80. The number of hydrogen-bond donors (Lipinski definition) is 1. The van der Waals surface area contributed by atoms with Crippen LogP contribution in [0.1, 0.15) is 61.0 Å². The van der Waals surface area contributed by atoms with Crippen molar-refractivity contribution in [3.05, 3.63) is 40.8 Å². The highest BCUT2D eigenvalue weighted by atomic mass is 16.5. The van der Waals surface area contributed by atoms with E-state index in [9.17, 15) is 9.59 Å². The highest BCUT2D eigenvalue weighted by Gasteiger charge is 2.27. The minimum atomic E-state index is -0.222. The number of hydrogen-bond acceptors (Lipinski definition) is 4. The number of nitrogens with one attached hydrogen (secondary N) is 1. The normalized spacial score (nSPS) is 13.4. The molecule has 6 heteroatoms. The van der Waals surface area contributed by atoms with E-state index in [0.29, 0.717) is 29.2 Å². The molecular weight excluding hydrogens is 330 g/mol. The number of benzene rings is 1. The van der Waals surface area contributed by atoms with Gasteiger partial charge in [0.25, 0.3) is 5.91 Å². The Morgan fingerprint density at radius 1 is 1.23 bits per heavy atom. The van der Waals surface area contributed by atoms with Crippen LogP contribution in [-0.4, -0.2) is 23.5 Å². The fraction of sp³-hybridized carbons (Fsp3) is 0.450. The number of carbonyl (C=O) groups excluding carboxylic acids is 2. The first-order chi connectivity index (χ1) is 12.3. The van der Waals surface area contributed by atoms with Crippen LogP contribution in [0.4, 0.5) is 11.4 Å². The molecule has 1 aliphatic heterocycles. The average molecular weight is 355 g/mol. The zero-order valence-corrected chi connectivity index (χ0v) is 15.9. The molecule has 0 fully saturated rings. The first-order valence-corrected chi connectivity index (χ1v) is 9.01. The Kier molecular flexibility index (Phi) is 4.85. The third-order valence-corrected chi connectivity index (χ3v) is 4.63. The molecule has 1 N–H and O–H groups in total. The molecule has 3 rings (SSSR count). The summed E-state index contributed by atoms with van der Waals surface area (Å²) in [6.45, 7) is 10.2. The van der Waals surface area contributed by atoms with Gasteiger partial charge in [-0.3, -0.25) is 9.59 Å². The quantitative estimate of drug-likeness (QED) is 0.902. The van der Waals surface area contributed by atoms with Crippen LogP contribution >= 0.6 is 0 Å². The Morgan fingerprint density at radius 2 is 1.96 bits per heavy atom. The van der Waals surface area contributed by atoms with Crippen LogP contribution in [0.25, 0.3) is 0 Å². The Hall–Kier alpha value is -2.63. The van der Waals surface area contributed by atoms with E-state index in [4.69, 9.17) is 4.52 Å². The van der Waals surface area contributed by atoms with Crippen LogP contribution in [0.2, 0.25) is 0 Å². The van der Waals surface area contributed by atoms with Crippen molar-refractivity contribution in [3.8, 4) is 0 Å². The van der Waals surface area contributed by atoms with Gasteiger partial charge in [0.05, 0.1) is 5.69 Å². The number of nitrogens with zero attached hydrogens (tertiary/aromatic N) is 2. The van der Waals surface area contributed by atoms with Gasteiger partial charge in [-0.1, -0.05) is 32.9 Å². The summed E-state index contributed by atoms with van der Waals surface area (Å²) >= 11 is 0. The van der Waals surface area contributed by atoms with Crippen molar-refractivity contribution in [3.63, 3.8) is 0 Å². The highest BCUT2D eigenvalue weighted by molar-refractivity contribution is 6.06. The maximum atomic E-state index is 12.7. The minimum absolute atomic E-state index is 0.0358. The minimum Gasteiger partial charge on any atom is -0.360 e. The largest absolute Gasteiger partial charge is 0.360 e.